The summed E-state index contributed by atoms with van der Waals surface area (Å²) >= 11 is 1.63. The zero-order valence-electron chi connectivity index (χ0n) is 16.1. The lowest BCUT2D eigenvalue weighted by Gasteiger charge is -2.43. The highest BCUT2D eigenvalue weighted by molar-refractivity contribution is 8.02. The van der Waals surface area contributed by atoms with Crippen molar-refractivity contribution < 1.29 is 18.7 Å². The number of halogens is 1. The fourth-order valence-corrected chi connectivity index (χ4v) is 5.19. The van der Waals surface area contributed by atoms with Gasteiger partial charge < -0.3 is 15.0 Å². The Kier molecular flexibility index (Phi) is 5.36. The molecule has 0 aliphatic carbocycles. The Bertz CT molecular complexity index is 931. The first-order chi connectivity index (χ1) is 14.0. The van der Waals surface area contributed by atoms with Crippen LogP contribution in [-0.4, -0.2) is 47.7 Å². The van der Waals surface area contributed by atoms with Gasteiger partial charge in [-0.3, -0.25) is 9.69 Å². The maximum Gasteiger partial charge on any atom is 0.321 e. The number of hydrogen-bond acceptors (Lipinski definition) is 4. The van der Waals surface area contributed by atoms with Crippen LogP contribution in [0.5, 0.6) is 5.75 Å². The van der Waals surface area contributed by atoms with Gasteiger partial charge in [-0.1, -0.05) is 18.2 Å². The minimum atomic E-state index is -0.463. The standard InChI is InChI=1S/C21H22FN3O3S/c1-28-16-6-4-5-15(13-16)25-19(26)14-29-21(25)9-11-24(12-10-21)20(27)23-18-8-3-2-7-17(18)22/h2-8,13H,9-12,14H2,1H3,(H,23,27). The number of nitrogens with zero attached hydrogens (tertiary/aromatic N) is 2. The predicted octanol–water partition coefficient (Wildman–Crippen LogP) is 3.94. The number of anilines is 2. The Labute approximate surface area is 173 Å². The van der Waals surface area contributed by atoms with Crippen LogP contribution < -0.4 is 15.0 Å². The normalized spacial score (nSPS) is 18.2. The van der Waals surface area contributed by atoms with Gasteiger partial charge in [0.25, 0.3) is 0 Å². The van der Waals surface area contributed by atoms with Gasteiger partial charge in [0.05, 0.1) is 23.4 Å². The second kappa shape index (κ2) is 7.94. The zero-order chi connectivity index (χ0) is 20.4. The molecule has 2 fully saturated rings. The van der Waals surface area contributed by atoms with Gasteiger partial charge in [0, 0.05) is 24.8 Å². The van der Waals surface area contributed by atoms with Gasteiger partial charge in [-0.25, -0.2) is 9.18 Å². The van der Waals surface area contributed by atoms with Crippen LogP contribution in [0.15, 0.2) is 48.5 Å². The Morgan fingerprint density at radius 1 is 1.17 bits per heavy atom. The fraction of sp³-hybridized carbons (Fsp3) is 0.333. The number of carbonyl (C=O) groups excluding carboxylic acids is 2. The van der Waals surface area contributed by atoms with E-state index in [0.29, 0.717) is 37.4 Å². The molecule has 2 heterocycles. The summed E-state index contributed by atoms with van der Waals surface area (Å²) in [4.78, 5) is 28.4. The van der Waals surface area contributed by atoms with E-state index in [1.807, 2.05) is 29.2 Å². The molecule has 8 heteroatoms. The number of carbonyl (C=O) groups is 2. The molecule has 2 aromatic rings. The number of para-hydroxylation sites is 1. The highest BCUT2D eigenvalue weighted by Crippen LogP contribution is 2.47. The Morgan fingerprint density at radius 3 is 2.66 bits per heavy atom. The molecule has 0 atom stereocenters. The molecule has 0 aromatic heterocycles. The fourth-order valence-electron chi connectivity index (χ4n) is 3.87. The van der Waals surface area contributed by atoms with E-state index >= 15 is 0 Å². The molecule has 152 valence electrons. The molecule has 6 nitrogen and oxygen atoms in total. The van der Waals surface area contributed by atoms with Gasteiger partial charge in [0.1, 0.15) is 11.6 Å². The van der Waals surface area contributed by atoms with E-state index < -0.39 is 5.82 Å². The lowest BCUT2D eigenvalue weighted by molar-refractivity contribution is -0.116. The minimum absolute atomic E-state index is 0.0625. The summed E-state index contributed by atoms with van der Waals surface area (Å²) in [6.07, 6.45) is 1.29. The molecule has 29 heavy (non-hydrogen) atoms. The summed E-state index contributed by atoms with van der Waals surface area (Å²) in [5.74, 6) is 0.713. The van der Waals surface area contributed by atoms with Crippen LogP contribution in [0.1, 0.15) is 12.8 Å². The first kappa shape index (κ1) is 19.6. The topological polar surface area (TPSA) is 61.9 Å². The molecule has 2 aliphatic heterocycles. The van der Waals surface area contributed by atoms with Crippen molar-refractivity contribution in [2.24, 2.45) is 0 Å². The van der Waals surface area contributed by atoms with E-state index in [2.05, 4.69) is 5.32 Å². The predicted molar refractivity (Wildman–Crippen MR) is 112 cm³/mol. The largest absolute Gasteiger partial charge is 0.497 e. The molecular formula is C21H22FN3O3S. The first-order valence-corrected chi connectivity index (χ1v) is 10.4. The first-order valence-electron chi connectivity index (χ1n) is 9.44. The second-order valence-corrected chi connectivity index (χ2v) is 8.40. The van der Waals surface area contributed by atoms with E-state index in [1.165, 1.54) is 12.1 Å². The third kappa shape index (κ3) is 3.76. The second-order valence-electron chi connectivity index (χ2n) is 7.06. The summed E-state index contributed by atoms with van der Waals surface area (Å²) in [6.45, 7) is 0.974. The van der Waals surface area contributed by atoms with Crippen molar-refractivity contribution in [2.45, 2.75) is 17.7 Å². The van der Waals surface area contributed by atoms with Gasteiger partial charge >= 0.3 is 6.03 Å². The molecule has 1 spiro atoms. The van der Waals surface area contributed by atoms with Crippen molar-refractivity contribution in [3.63, 3.8) is 0 Å². The smallest absolute Gasteiger partial charge is 0.321 e. The summed E-state index contributed by atoms with van der Waals surface area (Å²) in [5.41, 5.74) is 0.977. The van der Waals surface area contributed by atoms with Crippen molar-refractivity contribution in [3.05, 3.63) is 54.3 Å². The number of benzene rings is 2. The molecule has 3 amide bonds. The van der Waals surface area contributed by atoms with Gasteiger partial charge in [0.2, 0.25) is 5.91 Å². The Balaban J connectivity index is 1.47. The summed E-state index contributed by atoms with van der Waals surface area (Å²) in [7, 11) is 1.60. The van der Waals surface area contributed by atoms with Crippen molar-refractivity contribution in [1.29, 1.82) is 0 Å². The number of thioether (sulfide) groups is 1. The molecule has 0 bridgehead atoms. The monoisotopic (exact) mass is 415 g/mol. The number of hydrogen-bond donors (Lipinski definition) is 1. The maximum atomic E-state index is 13.8. The Hall–Kier alpha value is -2.74. The van der Waals surface area contributed by atoms with Crippen LogP contribution in [0.4, 0.5) is 20.6 Å². The van der Waals surface area contributed by atoms with Gasteiger partial charge in [-0.15, -0.1) is 11.8 Å². The summed E-state index contributed by atoms with van der Waals surface area (Å²) in [5, 5.41) is 2.63. The quantitative estimate of drug-likeness (QED) is 0.825. The summed E-state index contributed by atoms with van der Waals surface area (Å²) < 4.78 is 19.1. The number of urea groups is 1. The minimum Gasteiger partial charge on any atom is -0.497 e. The molecule has 2 aliphatic rings. The zero-order valence-corrected chi connectivity index (χ0v) is 16.9. The lowest BCUT2D eigenvalue weighted by Crippen LogP contribution is -2.53. The number of likely N-dealkylation sites (tertiary alicyclic amines) is 1. The molecule has 0 radical (unpaired) electrons. The molecule has 1 N–H and O–H groups in total. The number of piperidine rings is 1. The van der Waals surface area contributed by atoms with E-state index in [0.717, 1.165) is 5.69 Å². The number of nitrogens with one attached hydrogen (secondary N) is 1. The average molecular weight is 415 g/mol. The van der Waals surface area contributed by atoms with Crippen molar-refractivity contribution >= 4 is 35.1 Å². The summed E-state index contributed by atoms with van der Waals surface area (Å²) in [6, 6.07) is 13.3. The average Bonchev–Trinajstić information content (AvgIpc) is 3.05. The molecule has 0 saturated carbocycles. The van der Waals surface area contributed by atoms with Crippen LogP contribution in [0, 0.1) is 5.82 Å². The van der Waals surface area contributed by atoms with E-state index in [4.69, 9.17) is 4.74 Å². The molecule has 0 unspecified atom stereocenters. The number of amides is 3. The van der Waals surface area contributed by atoms with Crippen LogP contribution in [0.25, 0.3) is 0 Å². The molecular weight excluding hydrogens is 393 g/mol. The van der Waals surface area contributed by atoms with Gasteiger partial charge in [-0.05, 0) is 37.1 Å². The van der Waals surface area contributed by atoms with Crippen LogP contribution >= 0.6 is 11.8 Å². The highest BCUT2D eigenvalue weighted by atomic mass is 32.2. The maximum absolute atomic E-state index is 13.8. The van der Waals surface area contributed by atoms with E-state index in [-0.39, 0.29) is 22.5 Å². The molecule has 2 saturated heterocycles. The van der Waals surface area contributed by atoms with Gasteiger partial charge in [-0.2, -0.15) is 0 Å². The Morgan fingerprint density at radius 2 is 1.93 bits per heavy atom. The van der Waals surface area contributed by atoms with Crippen LogP contribution in [0.3, 0.4) is 0 Å². The molecule has 2 aromatic carbocycles. The van der Waals surface area contributed by atoms with E-state index in [1.54, 1.807) is 35.9 Å². The van der Waals surface area contributed by atoms with Gasteiger partial charge in [0.15, 0.2) is 0 Å². The highest BCUT2D eigenvalue weighted by Gasteiger charge is 2.49. The van der Waals surface area contributed by atoms with Crippen molar-refractivity contribution in [3.8, 4) is 5.75 Å². The van der Waals surface area contributed by atoms with Crippen LogP contribution in [-0.2, 0) is 4.79 Å². The van der Waals surface area contributed by atoms with E-state index in [9.17, 15) is 14.0 Å². The third-order valence-corrected chi connectivity index (χ3v) is 6.90. The van der Waals surface area contributed by atoms with Crippen molar-refractivity contribution in [1.82, 2.24) is 4.90 Å². The molecule has 4 rings (SSSR count). The third-order valence-electron chi connectivity index (χ3n) is 5.38. The van der Waals surface area contributed by atoms with Crippen molar-refractivity contribution in [2.75, 3.05) is 36.2 Å². The lowest BCUT2D eigenvalue weighted by atomic mass is 10.0. The number of ether oxygens (including phenoxy) is 1. The number of methoxy groups -OCH3 is 1. The van der Waals surface area contributed by atoms with Crippen LogP contribution in [0.2, 0.25) is 0 Å². The number of rotatable bonds is 3. The SMILES string of the molecule is COc1cccc(N2C(=O)CSC23CCN(C(=O)Nc2ccccc2F)CC3)c1.